The summed E-state index contributed by atoms with van der Waals surface area (Å²) in [6.07, 6.45) is -0.413. The molecule has 0 bridgehead atoms. The van der Waals surface area contributed by atoms with E-state index in [0.717, 1.165) is 33.8 Å². The van der Waals surface area contributed by atoms with Crippen LogP contribution in [0.2, 0.25) is 0 Å². The van der Waals surface area contributed by atoms with Crippen LogP contribution in [0.3, 0.4) is 0 Å². The average molecular weight is 333 g/mol. The van der Waals surface area contributed by atoms with E-state index < -0.39 is 12.2 Å². The fourth-order valence-electron chi connectivity index (χ4n) is 4.35. The van der Waals surface area contributed by atoms with Gasteiger partial charge < -0.3 is 9.30 Å². The number of carbonyl (C=O) groups is 2. The Kier molecular flexibility index (Phi) is 2.85. The lowest BCUT2D eigenvalue weighted by atomic mass is 9.83. The van der Waals surface area contributed by atoms with Crippen LogP contribution in [0, 0.1) is 0 Å². The van der Waals surface area contributed by atoms with E-state index in [1.807, 2.05) is 19.1 Å². The Morgan fingerprint density at radius 1 is 1.04 bits per heavy atom. The van der Waals surface area contributed by atoms with Gasteiger partial charge in [-0.3, -0.25) is 9.59 Å². The minimum absolute atomic E-state index is 0.0288. The first-order chi connectivity index (χ1) is 12.0. The molecule has 0 saturated carbocycles. The molecule has 0 N–H and O–H groups in total. The van der Waals surface area contributed by atoms with Crippen molar-refractivity contribution in [2.75, 3.05) is 0 Å². The van der Waals surface area contributed by atoms with Crippen LogP contribution in [0.15, 0.2) is 30.3 Å². The van der Waals surface area contributed by atoms with Gasteiger partial charge in [-0.2, -0.15) is 0 Å². The van der Waals surface area contributed by atoms with Crippen LogP contribution in [0.4, 0.5) is 0 Å². The average Bonchev–Trinajstić information content (AvgIpc) is 3.34. The predicted octanol–water partition coefficient (Wildman–Crippen LogP) is 4.08. The summed E-state index contributed by atoms with van der Waals surface area (Å²) in [5.74, 6) is -0.0662. The Morgan fingerprint density at radius 3 is 2.40 bits per heavy atom. The van der Waals surface area contributed by atoms with E-state index >= 15 is 0 Å². The maximum atomic E-state index is 13.0. The molecule has 2 atom stereocenters. The Morgan fingerprint density at radius 2 is 1.72 bits per heavy atom. The fourth-order valence-corrected chi connectivity index (χ4v) is 4.35. The minimum Gasteiger partial charge on any atom is -0.352 e. The number of carbonyl (C=O) groups excluding carboxylic acids is 2. The molecule has 2 aliphatic rings. The molecule has 2 aromatic carbocycles. The topological polar surface area (TPSA) is 51.6 Å². The lowest BCUT2D eigenvalue weighted by Gasteiger charge is -2.19. The molecule has 4 nitrogen and oxygen atoms in total. The second-order valence-corrected chi connectivity index (χ2v) is 7.22. The molecular weight excluding hydrogens is 314 g/mol. The van der Waals surface area contributed by atoms with Crippen LogP contribution in [0.1, 0.15) is 53.1 Å². The largest absolute Gasteiger partial charge is 0.352 e. The molecule has 1 saturated heterocycles. The maximum Gasteiger partial charge on any atom is 0.197 e. The summed E-state index contributed by atoms with van der Waals surface area (Å²) in [5, 5.41) is 2.18. The number of aryl methyl sites for hydroxylation is 1. The summed E-state index contributed by atoms with van der Waals surface area (Å²) >= 11 is 0. The van der Waals surface area contributed by atoms with Crippen LogP contribution < -0.4 is 0 Å². The van der Waals surface area contributed by atoms with E-state index in [1.54, 1.807) is 0 Å². The highest BCUT2D eigenvalue weighted by Crippen LogP contribution is 2.44. The monoisotopic (exact) mass is 333 g/mol. The van der Waals surface area contributed by atoms with Crippen molar-refractivity contribution in [2.24, 2.45) is 0 Å². The van der Waals surface area contributed by atoms with Crippen LogP contribution in [0.5, 0.6) is 0 Å². The first-order valence-corrected chi connectivity index (χ1v) is 8.87. The Labute approximate surface area is 145 Å². The van der Waals surface area contributed by atoms with Gasteiger partial charge in [-0.25, -0.2) is 0 Å². The van der Waals surface area contributed by atoms with Crippen molar-refractivity contribution < 1.29 is 14.3 Å². The molecule has 1 fully saturated rings. The summed E-state index contributed by atoms with van der Waals surface area (Å²) in [7, 11) is 0. The summed E-state index contributed by atoms with van der Waals surface area (Å²) in [4.78, 5) is 25.9. The normalized spacial score (nSPS) is 21.9. The molecule has 126 valence electrons. The smallest absolute Gasteiger partial charge is 0.197 e. The highest BCUT2D eigenvalue weighted by atomic mass is 16.6. The third-order valence-electron chi connectivity index (χ3n) is 5.47. The molecule has 0 amide bonds. The third-order valence-corrected chi connectivity index (χ3v) is 5.47. The van der Waals surface area contributed by atoms with Crippen molar-refractivity contribution in [3.63, 3.8) is 0 Å². The molecule has 3 aromatic rings. The van der Waals surface area contributed by atoms with Gasteiger partial charge in [0.25, 0.3) is 0 Å². The SMILES string of the molecule is CCc1cc2c3ccccc3n(C(C)C)c2c2c1C(=O)C1OC1C2=O. The lowest BCUT2D eigenvalue weighted by Crippen LogP contribution is -2.28. The van der Waals surface area contributed by atoms with Gasteiger partial charge in [0.1, 0.15) is 0 Å². The Hall–Kier alpha value is -2.46. The second kappa shape index (κ2) is 4.79. The number of nitrogens with zero attached hydrogens (tertiary/aromatic N) is 1. The van der Waals surface area contributed by atoms with Gasteiger partial charge in [-0.1, -0.05) is 25.1 Å². The van der Waals surface area contributed by atoms with Gasteiger partial charge in [0.15, 0.2) is 23.8 Å². The number of para-hydroxylation sites is 1. The zero-order valence-corrected chi connectivity index (χ0v) is 14.5. The molecule has 1 aliphatic heterocycles. The number of benzene rings is 2. The highest BCUT2D eigenvalue weighted by Gasteiger charge is 2.56. The molecule has 5 rings (SSSR count). The maximum absolute atomic E-state index is 13.0. The summed E-state index contributed by atoms with van der Waals surface area (Å²) < 4.78 is 7.59. The van der Waals surface area contributed by atoms with E-state index in [4.69, 9.17) is 4.74 Å². The van der Waals surface area contributed by atoms with Gasteiger partial charge in [0, 0.05) is 27.9 Å². The van der Waals surface area contributed by atoms with Crippen LogP contribution in [-0.4, -0.2) is 28.3 Å². The first kappa shape index (κ1) is 14.8. The van der Waals surface area contributed by atoms with Crippen molar-refractivity contribution in [3.8, 4) is 0 Å². The number of ketones is 2. The van der Waals surface area contributed by atoms with Crippen molar-refractivity contribution in [1.82, 2.24) is 4.57 Å². The van der Waals surface area contributed by atoms with E-state index in [1.165, 1.54) is 0 Å². The highest BCUT2D eigenvalue weighted by molar-refractivity contribution is 6.28. The van der Waals surface area contributed by atoms with Gasteiger partial charge in [0.05, 0.1) is 11.1 Å². The van der Waals surface area contributed by atoms with Crippen LogP contribution in [0.25, 0.3) is 21.8 Å². The molecule has 0 spiro atoms. The molecule has 25 heavy (non-hydrogen) atoms. The Balaban J connectivity index is 2.04. The molecular formula is C21H19NO3. The summed E-state index contributed by atoms with van der Waals surface area (Å²) in [6.45, 7) is 6.25. The van der Waals surface area contributed by atoms with E-state index in [2.05, 4.69) is 36.6 Å². The minimum atomic E-state index is -0.575. The number of hydrogen-bond acceptors (Lipinski definition) is 3. The summed E-state index contributed by atoms with van der Waals surface area (Å²) in [5.41, 5.74) is 4.09. The van der Waals surface area contributed by atoms with Gasteiger partial charge in [-0.05, 0) is 38.0 Å². The molecule has 2 heterocycles. The molecule has 0 radical (unpaired) electrons. The lowest BCUT2D eigenvalue weighted by molar-refractivity contribution is 0.0922. The van der Waals surface area contributed by atoms with Crippen molar-refractivity contribution in [2.45, 2.75) is 45.4 Å². The summed E-state index contributed by atoms with van der Waals surface area (Å²) in [6, 6.07) is 10.5. The zero-order valence-electron chi connectivity index (χ0n) is 14.5. The molecule has 2 unspecified atom stereocenters. The molecule has 1 aromatic heterocycles. The Bertz CT molecular complexity index is 1090. The van der Waals surface area contributed by atoms with E-state index in [-0.39, 0.29) is 17.6 Å². The number of ether oxygens (including phenoxy) is 1. The van der Waals surface area contributed by atoms with Crippen molar-refractivity contribution in [3.05, 3.63) is 47.0 Å². The number of Topliss-reactive ketones (excluding diaryl/α,β-unsaturated/α-hetero) is 2. The fraction of sp³-hybridized carbons (Fsp3) is 0.333. The number of fused-ring (bicyclic) bond motifs is 6. The van der Waals surface area contributed by atoms with Crippen LogP contribution >= 0.6 is 0 Å². The van der Waals surface area contributed by atoms with Crippen LogP contribution in [-0.2, 0) is 11.2 Å². The standard InChI is InChI=1S/C21H19NO3/c1-4-11-9-13-12-7-5-6-8-14(12)22(10(2)3)17(13)16-15(11)18(23)20-21(25-20)19(16)24/h5-10,20-21H,4H2,1-3H3. The van der Waals surface area contributed by atoms with E-state index in [9.17, 15) is 9.59 Å². The molecule has 4 heteroatoms. The first-order valence-electron chi connectivity index (χ1n) is 8.87. The van der Waals surface area contributed by atoms with Gasteiger partial charge >= 0.3 is 0 Å². The number of epoxide rings is 1. The van der Waals surface area contributed by atoms with Gasteiger partial charge in [0.2, 0.25) is 0 Å². The van der Waals surface area contributed by atoms with Crippen molar-refractivity contribution in [1.29, 1.82) is 0 Å². The van der Waals surface area contributed by atoms with E-state index in [0.29, 0.717) is 11.1 Å². The quantitative estimate of drug-likeness (QED) is 0.664. The molecule has 1 aliphatic carbocycles. The second-order valence-electron chi connectivity index (χ2n) is 7.22. The zero-order chi connectivity index (χ0) is 17.5. The number of hydrogen-bond donors (Lipinski definition) is 0. The number of rotatable bonds is 2. The predicted molar refractivity (Wildman–Crippen MR) is 96.5 cm³/mol. The number of aromatic nitrogens is 1. The van der Waals surface area contributed by atoms with Gasteiger partial charge in [-0.15, -0.1) is 0 Å². The third kappa shape index (κ3) is 1.75. The van der Waals surface area contributed by atoms with Crippen molar-refractivity contribution >= 4 is 33.4 Å².